The van der Waals surface area contributed by atoms with Gasteiger partial charge in [0.1, 0.15) is 11.5 Å². The van der Waals surface area contributed by atoms with E-state index in [9.17, 15) is 4.79 Å². The van der Waals surface area contributed by atoms with Crippen molar-refractivity contribution in [2.75, 3.05) is 5.75 Å². The van der Waals surface area contributed by atoms with Gasteiger partial charge in [0.2, 0.25) is 11.7 Å². The zero-order valence-corrected chi connectivity index (χ0v) is 16.5. The van der Waals surface area contributed by atoms with Gasteiger partial charge in [0, 0.05) is 12.6 Å². The summed E-state index contributed by atoms with van der Waals surface area (Å²) in [5.41, 5.74) is 0. The number of nitrogens with zero attached hydrogens (tertiary/aromatic N) is 4. The van der Waals surface area contributed by atoms with Gasteiger partial charge in [-0.05, 0) is 44.0 Å². The third-order valence-corrected chi connectivity index (χ3v) is 5.48. The molecule has 8 heteroatoms. The summed E-state index contributed by atoms with van der Waals surface area (Å²) in [4.78, 5) is 14.8. The number of allylic oxidation sites excluding steroid dienone is 1. The second-order valence-corrected chi connectivity index (χ2v) is 7.68. The Labute approximate surface area is 167 Å². The van der Waals surface area contributed by atoms with Crippen LogP contribution in [0.4, 0.5) is 0 Å². The smallest absolute Gasteiger partial charge is 0.233 e. The molecule has 0 N–H and O–H groups in total. The van der Waals surface area contributed by atoms with Crippen LogP contribution in [0.25, 0.3) is 11.6 Å². The summed E-state index contributed by atoms with van der Waals surface area (Å²) in [6.45, 7) is 6.76. The van der Waals surface area contributed by atoms with Crippen LogP contribution in [0, 0.1) is 6.92 Å². The molecule has 146 valence electrons. The number of aromatic nitrogens is 3. The van der Waals surface area contributed by atoms with Crippen molar-refractivity contribution in [2.45, 2.75) is 44.1 Å². The number of amides is 1. The summed E-state index contributed by atoms with van der Waals surface area (Å²) >= 11 is 1.38. The number of aryl methyl sites for hydroxylation is 1. The summed E-state index contributed by atoms with van der Waals surface area (Å²) in [7, 11) is 0. The SMILES string of the molecule is C=CCn1c(SCC(=O)N(Cc2ccc(C)o2)C2CC2)nnc1-c1ccco1. The zero-order chi connectivity index (χ0) is 19.5. The second-order valence-electron chi connectivity index (χ2n) is 6.74. The van der Waals surface area contributed by atoms with E-state index in [1.54, 1.807) is 12.3 Å². The number of carbonyl (C=O) groups excluding carboxylic acids is 1. The van der Waals surface area contributed by atoms with Gasteiger partial charge in [-0.15, -0.1) is 16.8 Å². The molecule has 1 fully saturated rings. The number of carbonyl (C=O) groups is 1. The quantitative estimate of drug-likeness (QED) is 0.402. The first-order chi connectivity index (χ1) is 13.7. The molecule has 0 aliphatic heterocycles. The fraction of sp³-hybridized carbons (Fsp3) is 0.350. The number of hydrogen-bond acceptors (Lipinski definition) is 6. The van der Waals surface area contributed by atoms with Gasteiger partial charge in [-0.3, -0.25) is 9.36 Å². The van der Waals surface area contributed by atoms with Gasteiger partial charge in [0.25, 0.3) is 0 Å². The van der Waals surface area contributed by atoms with E-state index in [0.29, 0.717) is 41.6 Å². The Hall–Kier alpha value is -2.74. The normalized spacial score (nSPS) is 13.6. The molecule has 0 saturated heterocycles. The van der Waals surface area contributed by atoms with Crippen LogP contribution in [0.3, 0.4) is 0 Å². The molecule has 3 aromatic rings. The van der Waals surface area contributed by atoms with Crippen LogP contribution in [0.15, 0.2) is 57.2 Å². The van der Waals surface area contributed by atoms with E-state index in [0.717, 1.165) is 24.4 Å². The first-order valence-electron chi connectivity index (χ1n) is 9.21. The topological polar surface area (TPSA) is 77.3 Å². The molecule has 0 unspecified atom stereocenters. The van der Waals surface area contributed by atoms with E-state index in [-0.39, 0.29) is 5.91 Å². The van der Waals surface area contributed by atoms with E-state index >= 15 is 0 Å². The van der Waals surface area contributed by atoms with E-state index < -0.39 is 0 Å². The number of hydrogen-bond donors (Lipinski definition) is 0. The predicted molar refractivity (Wildman–Crippen MR) is 106 cm³/mol. The predicted octanol–water partition coefficient (Wildman–Crippen LogP) is 3.91. The number of furan rings is 2. The largest absolute Gasteiger partial charge is 0.464 e. The van der Waals surface area contributed by atoms with Crippen molar-refractivity contribution in [3.05, 3.63) is 54.7 Å². The van der Waals surface area contributed by atoms with Gasteiger partial charge in [-0.2, -0.15) is 0 Å². The van der Waals surface area contributed by atoms with Crippen molar-refractivity contribution < 1.29 is 13.6 Å². The summed E-state index contributed by atoms with van der Waals surface area (Å²) in [6.07, 6.45) is 5.47. The van der Waals surface area contributed by atoms with Crippen LogP contribution in [0.2, 0.25) is 0 Å². The lowest BCUT2D eigenvalue weighted by atomic mass is 10.3. The Kier molecular flexibility index (Phi) is 5.38. The zero-order valence-electron chi connectivity index (χ0n) is 15.7. The fourth-order valence-electron chi connectivity index (χ4n) is 3.03. The monoisotopic (exact) mass is 398 g/mol. The molecule has 0 atom stereocenters. The fourth-order valence-corrected chi connectivity index (χ4v) is 3.87. The highest BCUT2D eigenvalue weighted by Crippen LogP contribution is 2.30. The molecule has 0 radical (unpaired) electrons. The van der Waals surface area contributed by atoms with Gasteiger partial charge in [-0.1, -0.05) is 17.8 Å². The van der Waals surface area contributed by atoms with Crippen LogP contribution >= 0.6 is 11.8 Å². The van der Waals surface area contributed by atoms with Gasteiger partial charge in [0.05, 0.1) is 18.6 Å². The maximum atomic E-state index is 12.9. The minimum Gasteiger partial charge on any atom is -0.464 e. The van der Waals surface area contributed by atoms with Crippen molar-refractivity contribution in [2.24, 2.45) is 0 Å². The van der Waals surface area contributed by atoms with Crippen molar-refractivity contribution in [1.82, 2.24) is 19.7 Å². The molecule has 0 spiro atoms. The average Bonchev–Trinajstić information content (AvgIpc) is 3.06. The molecule has 4 rings (SSSR count). The van der Waals surface area contributed by atoms with E-state index in [2.05, 4.69) is 16.8 Å². The highest BCUT2D eigenvalue weighted by Gasteiger charge is 2.33. The molecular formula is C20H22N4O3S. The van der Waals surface area contributed by atoms with Crippen molar-refractivity contribution >= 4 is 17.7 Å². The third kappa shape index (κ3) is 4.06. The molecule has 1 amide bonds. The minimum atomic E-state index is 0.0780. The summed E-state index contributed by atoms with van der Waals surface area (Å²) in [6, 6.07) is 7.81. The van der Waals surface area contributed by atoms with Crippen LogP contribution in [-0.4, -0.2) is 37.4 Å². The van der Waals surface area contributed by atoms with Crippen molar-refractivity contribution in [3.63, 3.8) is 0 Å². The molecule has 3 heterocycles. The Morgan fingerprint density at radius 3 is 2.89 bits per heavy atom. The lowest BCUT2D eigenvalue weighted by molar-refractivity contribution is -0.129. The number of rotatable bonds is 9. The Balaban J connectivity index is 1.45. The summed E-state index contributed by atoms with van der Waals surface area (Å²) in [5, 5.41) is 9.15. The van der Waals surface area contributed by atoms with E-state index in [1.807, 2.05) is 40.7 Å². The van der Waals surface area contributed by atoms with E-state index in [4.69, 9.17) is 8.83 Å². The van der Waals surface area contributed by atoms with Gasteiger partial charge < -0.3 is 13.7 Å². The van der Waals surface area contributed by atoms with Gasteiger partial charge in [0.15, 0.2) is 10.9 Å². The summed E-state index contributed by atoms with van der Waals surface area (Å²) in [5.74, 6) is 3.32. The minimum absolute atomic E-state index is 0.0780. The first kappa shape index (κ1) is 18.6. The Bertz CT molecular complexity index is 956. The lowest BCUT2D eigenvalue weighted by Gasteiger charge is -2.21. The third-order valence-electron chi connectivity index (χ3n) is 4.53. The first-order valence-corrected chi connectivity index (χ1v) is 10.2. The molecule has 1 aliphatic carbocycles. The highest BCUT2D eigenvalue weighted by molar-refractivity contribution is 7.99. The van der Waals surface area contributed by atoms with Gasteiger partial charge in [-0.25, -0.2) is 0 Å². The molecule has 0 aromatic carbocycles. The van der Waals surface area contributed by atoms with Crippen LogP contribution < -0.4 is 0 Å². The molecule has 1 aliphatic rings. The van der Waals surface area contributed by atoms with Crippen molar-refractivity contribution in [1.29, 1.82) is 0 Å². The molecule has 1 saturated carbocycles. The lowest BCUT2D eigenvalue weighted by Crippen LogP contribution is -2.33. The van der Waals surface area contributed by atoms with Crippen LogP contribution in [0.1, 0.15) is 24.4 Å². The molecule has 7 nitrogen and oxygen atoms in total. The maximum absolute atomic E-state index is 12.9. The van der Waals surface area contributed by atoms with E-state index in [1.165, 1.54) is 11.8 Å². The van der Waals surface area contributed by atoms with Crippen LogP contribution in [0.5, 0.6) is 0 Å². The Morgan fingerprint density at radius 1 is 1.39 bits per heavy atom. The van der Waals surface area contributed by atoms with Crippen molar-refractivity contribution in [3.8, 4) is 11.6 Å². The Morgan fingerprint density at radius 2 is 2.25 bits per heavy atom. The molecular weight excluding hydrogens is 376 g/mol. The number of thioether (sulfide) groups is 1. The van der Waals surface area contributed by atoms with Crippen LogP contribution in [-0.2, 0) is 17.9 Å². The molecule has 0 bridgehead atoms. The standard InChI is InChI=1S/C20H22N4O3S/c1-3-10-23-19(17-5-4-11-26-17)21-22-20(23)28-13-18(25)24(15-7-8-15)12-16-9-6-14(2)27-16/h3-6,9,11,15H,1,7-8,10,12-13H2,2H3. The summed E-state index contributed by atoms with van der Waals surface area (Å²) < 4.78 is 13.0. The molecule has 3 aromatic heterocycles. The highest BCUT2D eigenvalue weighted by atomic mass is 32.2. The second kappa shape index (κ2) is 8.10. The molecule has 28 heavy (non-hydrogen) atoms. The van der Waals surface area contributed by atoms with Gasteiger partial charge >= 0.3 is 0 Å². The maximum Gasteiger partial charge on any atom is 0.233 e. The average molecular weight is 398 g/mol.